The molecule has 0 unspecified atom stereocenters. The second-order valence-corrected chi connectivity index (χ2v) is 7.82. The van der Waals surface area contributed by atoms with E-state index in [1.54, 1.807) is 49.2 Å². The third-order valence-electron chi connectivity index (χ3n) is 4.34. The third kappa shape index (κ3) is 4.34. The van der Waals surface area contributed by atoms with E-state index in [-0.39, 0.29) is 23.7 Å². The van der Waals surface area contributed by atoms with Crippen LogP contribution in [-0.2, 0) is 11.3 Å². The Hall–Kier alpha value is -3.07. The van der Waals surface area contributed by atoms with E-state index in [2.05, 4.69) is 10.2 Å². The largest absolute Gasteiger partial charge is 0.454 e. The zero-order chi connectivity index (χ0) is 20.4. The van der Waals surface area contributed by atoms with Gasteiger partial charge in [0.1, 0.15) is 5.82 Å². The maximum absolute atomic E-state index is 13.3. The number of benzene rings is 2. The number of thioether (sulfide) groups is 1. The van der Waals surface area contributed by atoms with Gasteiger partial charge < -0.3 is 18.8 Å². The van der Waals surface area contributed by atoms with E-state index >= 15 is 0 Å². The lowest BCUT2D eigenvalue weighted by molar-refractivity contribution is -0.129. The Bertz CT molecular complexity index is 1040. The normalized spacial score (nSPS) is 13.3. The summed E-state index contributed by atoms with van der Waals surface area (Å²) in [5.41, 5.74) is 1.43. The van der Waals surface area contributed by atoms with Crippen LogP contribution in [0.1, 0.15) is 12.5 Å². The van der Waals surface area contributed by atoms with Gasteiger partial charge in [-0.1, -0.05) is 23.9 Å². The molecule has 0 spiro atoms. The molecule has 29 heavy (non-hydrogen) atoms. The lowest BCUT2D eigenvalue weighted by Gasteiger charge is -2.20. The summed E-state index contributed by atoms with van der Waals surface area (Å²) < 4.78 is 29.7. The minimum absolute atomic E-state index is 0.123. The molecule has 3 aromatic rings. The average Bonchev–Trinajstić information content (AvgIpc) is 3.36. The molecule has 0 saturated carbocycles. The maximum atomic E-state index is 13.3. The van der Waals surface area contributed by atoms with Crippen molar-refractivity contribution in [2.24, 2.45) is 0 Å². The Morgan fingerprint density at radius 1 is 1.21 bits per heavy atom. The molecule has 0 saturated heterocycles. The van der Waals surface area contributed by atoms with E-state index in [1.807, 2.05) is 0 Å². The first kappa shape index (κ1) is 19.3. The minimum Gasteiger partial charge on any atom is -0.454 e. The molecule has 4 rings (SSSR count). The highest BCUT2D eigenvalue weighted by atomic mass is 32.2. The first-order chi connectivity index (χ1) is 14.0. The van der Waals surface area contributed by atoms with Crippen molar-refractivity contribution in [1.82, 2.24) is 15.1 Å². The number of fused-ring (bicyclic) bond motifs is 1. The van der Waals surface area contributed by atoms with E-state index in [0.29, 0.717) is 29.5 Å². The SMILES string of the molecule is C[C@H](Sc1nnc(-c2ccc3c(c2)OCO3)o1)C(=O)N(C)Cc1cccc(F)c1. The first-order valence-electron chi connectivity index (χ1n) is 8.89. The number of halogens is 1. The summed E-state index contributed by atoms with van der Waals surface area (Å²) in [6.07, 6.45) is 0. The van der Waals surface area contributed by atoms with Gasteiger partial charge in [-0.3, -0.25) is 4.79 Å². The van der Waals surface area contributed by atoms with Crippen LogP contribution in [-0.4, -0.2) is 40.1 Å². The average molecular weight is 415 g/mol. The van der Waals surface area contributed by atoms with E-state index in [9.17, 15) is 9.18 Å². The Balaban J connectivity index is 1.39. The quantitative estimate of drug-likeness (QED) is 0.568. The lowest BCUT2D eigenvalue weighted by atomic mass is 10.2. The fourth-order valence-electron chi connectivity index (χ4n) is 2.90. The number of amides is 1. The van der Waals surface area contributed by atoms with E-state index in [0.717, 1.165) is 5.56 Å². The van der Waals surface area contributed by atoms with E-state index in [4.69, 9.17) is 13.9 Å². The van der Waals surface area contributed by atoms with Crippen molar-refractivity contribution in [2.45, 2.75) is 23.9 Å². The Morgan fingerprint density at radius 2 is 2.03 bits per heavy atom. The van der Waals surface area contributed by atoms with Crippen molar-refractivity contribution in [3.63, 3.8) is 0 Å². The van der Waals surface area contributed by atoms with Crippen LogP contribution in [0.5, 0.6) is 11.5 Å². The van der Waals surface area contributed by atoms with Crippen LogP contribution in [0.15, 0.2) is 52.1 Å². The van der Waals surface area contributed by atoms with Gasteiger partial charge in [0.2, 0.25) is 18.6 Å². The zero-order valence-corrected chi connectivity index (χ0v) is 16.6. The van der Waals surface area contributed by atoms with Crippen LogP contribution in [0, 0.1) is 5.82 Å². The predicted molar refractivity (Wildman–Crippen MR) is 104 cm³/mol. The predicted octanol–water partition coefficient (Wildman–Crippen LogP) is 3.74. The molecular weight excluding hydrogens is 397 g/mol. The summed E-state index contributed by atoms with van der Waals surface area (Å²) >= 11 is 1.17. The Labute approximate surface area is 170 Å². The second kappa shape index (κ2) is 8.12. The van der Waals surface area contributed by atoms with Gasteiger partial charge in [-0.25, -0.2) is 4.39 Å². The van der Waals surface area contributed by atoms with Crippen molar-refractivity contribution < 1.29 is 23.1 Å². The molecule has 1 aliphatic heterocycles. The van der Waals surface area contributed by atoms with Gasteiger partial charge in [-0.05, 0) is 42.8 Å². The highest BCUT2D eigenvalue weighted by Crippen LogP contribution is 2.36. The van der Waals surface area contributed by atoms with Crippen LogP contribution < -0.4 is 9.47 Å². The number of nitrogens with zero attached hydrogens (tertiary/aromatic N) is 3. The molecule has 0 fully saturated rings. The fraction of sp³-hybridized carbons (Fsp3) is 0.250. The Morgan fingerprint density at radius 3 is 2.86 bits per heavy atom. The molecule has 1 amide bonds. The molecule has 1 aromatic heterocycles. The van der Waals surface area contributed by atoms with Crippen molar-refractivity contribution in [1.29, 1.82) is 0 Å². The molecule has 7 nitrogen and oxygen atoms in total. The van der Waals surface area contributed by atoms with Gasteiger partial charge in [0.25, 0.3) is 5.22 Å². The lowest BCUT2D eigenvalue weighted by Crippen LogP contribution is -2.32. The second-order valence-electron chi connectivity index (χ2n) is 6.53. The summed E-state index contributed by atoms with van der Waals surface area (Å²) in [4.78, 5) is 14.2. The fourth-order valence-corrected chi connectivity index (χ4v) is 3.70. The number of ether oxygens (including phenoxy) is 2. The number of hydrogen-bond acceptors (Lipinski definition) is 7. The summed E-state index contributed by atoms with van der Waals surface area (Å²) in [6.45, 7) is 2.26. The molecule has 1 atom stereocenters. The third-order valence-corrected chi connectivity index (χ3v) is 5.26. The standard InChI is InChI=1S/C20H18FN3O4S/c1-12(19(25)24(2)10-13-4-3-5-15(21)8-13)29-20-23-22-18(28-20)14-6-7-16-17(9-14)27-11-26-16/h3-9,12H,10-11H2,1-2H3/t12-/m0/s1. The molecule has 0 N–H and O–H groups in total. The molecular formula is C20H18FN3O4S. The molecule has 150 valence electrons. The molecule has 0 bridgehead atoms. The Kier molecular flexibility index (Phi) is 5.39. The minimum atomic E-state index is -0.446. The molecule has 2 heterocycles. The van der Waals surface area contributed by atoms with E-state index < -0.39 is 5.25 Å². The topological polar surface area (TPSA) is 77.7 Å². The molecule has 1 aliphatic rings. The maximum Gasteiger partial charge on any atom is 0.277 e. The van der Waals surface area contributed by atoms with Crippen LogP contribution >= 0.6 is 11.8 Å². The van der Waals surface area contributed by atoms with Crippen LogP contribution in [0.4, 0.5) is 4.39 Å². The van der Waals surface area contributed by atoms with Gasteiger partial charge in [0.15, 0.2) is 11.5 Å². The highest BCUT2D eigenvalue weighted by Gasteiger charge is 2.23. The molecule has 0 radical (unpaired) electrons. The summed E-state index contributed by atoms with van der Waals surface area (Å²) in [5, 5.41) is 7.91. The molecule has 2 aromatic carbocycles. The summed E-state index contributed by atoms with van der Waals surface area (Å²) in [6, 6.07) is 11.5. The summed E-state index contributed by atoms with van der Waals surface area (Å²) in [7, 11) is 1.68. The number of hydrogen-bond donors (Lipinski definition) is 0. The van der Waals surface area contributed by atoms with Crippen molar-refractivity contribution in [2.75, 3.05) is 13.8 Å². The van der Waals surface area contributed by atoms with Crippen LogP contribution in [0.2, 0.25) is 0 Å². The van der Waals surface area contributed by atoms with Gasteiger partial charge in [0, 0.05) is 19.2 Å². The van der Waals surface area contributed by atoms with Gasteiger partial charge in [-0.2, -0.15) is 0 Å². The zero-order valence-electron chi connectivity index (χ0n) is 15.8. The van der Waals surface area contributed by atoms with Crippen molar-refractivity contribution >= 4 is 17.7 Å². The summed E-state index contributed by atoms with van der Waals surface area (Å²) in [5.74, 6) is 1.18. The van der Waals surface area contributed by atoms with Crippen LogP contribution in [0.25, 0.3) is 11.5 Å². The van der Waals surface area contributed by atoms with Crippen LogP contribution in [0.3, 0.4) is 0 Å². The van der Waals surface area contributed by atoms with E-state index in [1.165, 1.54) is 23.9 Å². The number of rotatable bonds is 6. The highest BCUT2D eigenvalue weighted by molar-refractivity contribution is 8.00. The number of aromatic nitrogens is 2. The van der Waals surface area contributed by atoms with Gasteiger partial charge in [-0.15, -0.1) is 10.2 Å². The smallest absolute Gasteiger partial charge is 0.277 e. The van der Waals surface area contributed by atoms with Gasteiger partial charge in [0.05, 0.1) is 5.25 Å². The number of carbonyl (C=O) groups excluding carboxylic acids is 1. The molecule has 9 heteroatoms. The molecule has 0 aliphatic carbocycles. The van der Waals surface area contributed by atoms with Crippen molar-refractivity contribution in [3.8, 4) is 23.0 Å². The monoisotopic (exact) mass is 415 g/mol. The van der Waals surface area contributed by atoms with Gasteiger partial charge >= 0.3 is 0 Å². The van der Waals surface area contributed by atoms with Crippen molar-refractivity contribution in [3.05, 3.63) is 53.8 Å². The first-order valence-corrected chi connectivity index (χ1v) is 9.77. The number of carbonyl (C=O) groups is 1.